The van der Waals surface area contributed by atoms with Gasteiger partial charge in [-0.3, -0.25) is 9.78 Å². The van der Waals surface area contributed by atoms with Crippen LogP contribution in [0.5, 0.6) is 5.75 Å². The Morgan fingerprint density at radius 3 is 2.32 bits per heavy atom. The summed E-state index contributed by atoms with van der Waals surface area (Å²) in [6.45, 7) is 0.784. The molecule has 1 N–H and O–H groups in total. The van der Waals surface area contributed by atoms with Gasteiger partial charge in [-0.05, 0) is 55.0 Å². The van der Waals surface area contributed by atoms with Crippen LogP contribution < -0.4 is 10.1 Å². The Morgan fingerprint density at radius 2 is 1.65 bits per heavy atom. The van der Waals surface area contributed by atoms with Crippen molar-refractivity contribution in [2.24, 2.45) is 0 Å². The molecular formula is C30H30N2O2. The third kappa shape index (κ3) is 4.54. The van der Waals surface area contributed by atoms with E-state index in [-0.39, 0.29) is 5.78 Å². The molecule has 1 aromatic heterocycles. The van der Waals surface area contributed by atoms with E-state index in [1.54, 1.807) is 7.11 Å². The van der Waals surface area contributed by atoms with Crippen molar-refractivity contribution in [3.05, 3.63) is 101 Å². The second-order valence-electron chi connectivity index (χ2n) is 8.91. The van der Waals surface area contributed by atoms with E-state index in [4.69, 9.17) is 9.72 Å². The van der Waals surface area contributed by atoms with E-state index in [0.29, 0.717) is 12.3 Å². The lowest BCUT2D eigenvalue weighted by Crippen LogP contribution is -2.17. The maximum Gasteiger partial charge on any atom is 0.166 e. The molecule has 5 rings (SSSR count). The van der Waals surface area contributed by atoms with Gasteiger partial charge in [0.25, 0.3) is 0 Å². The van der Waals surface area contributed by atoms with E-state index in [2.05, 4.69) is 66.0 Å². The average molecular weight is 451 g/mol. The molecular weight excluding hydrogens is 420 g/mol. The van der Waals surface area contributed by atoms with Gasteiger partial charge in [0.15, 0.2) is 5.78 Å². The summed E-state index contributed by atoms with van der Waals surface area (Å²) in [6.07, 6.45) is 4.30. The molecule has 0 saturated heterocycles. The van der Waals surface area contributed by atoms with Gasteiger partial charge in [0.2, 0.25) is 0 Å². The second-order valence-corrected chi connectivity index (χ2v) is 8.91. The number of hydrogen-bond acceptors (Lipinski definition) is 4. The van der Waals surface area contributed by atoms with Crippen molar-refractivity contribution in [3.63, 3.8) is 0 Å². The van der Waals surface area contributed by atoms with Gasteiger partial charge in [0.05, 0.1) is 29.6 Å². The van der Waals surface area contributed by atoms with Crippen LogP contribution in [0.25, 0.3) is 10.9 Å². The Labute approximate surface area is 201 Å². The lowest BCUT2D eigenvalue weighted by atomic mass is 9.87. The molecule has 0 atom stereocenters. The summed E-state index contributed by atoms with van der Waals surface area (Å²) >= 11 is 0. The molecule has 4 nitrogen and oxygen atoms in total. The number of anilines is 1. The first kappa shape index (κ1) is 22.1. The van der Waals surface area contributed by atoms with Crippen LogP contribution in [-0.2, 0) is 6.42 Å². The standard InChI is InChI=1S/C30H30N2O2/c1-34-23-17-18-26-25(20-23)30(29-27(32-26)15-8-16-28(29)33)31-19-9-14-24(21-10-4-2-5-11-21)22-12-6-3-7-13-22/h2-7,10-13,17-18,20,24H,8-9,14-16,19H2,1H3,(H,31,32). The fourth-order valence-corrected chi connectivity index (χ4v) is 5.04. The summed E-state index contributed by atoms with van der Waals surface area (Å²) in [5.74, 6) is 1.30. The first-order valence-electron chi connectivity index (χ1n) is 12.1. The van der Waals surface area contributed by atoms with Gasteiger partial charge in [-0.25, -0.2) is 0 Å². The molecule has 0 radical (unpaired) electrons. The Bertz CT molecular complexity index is 1250. The number of hydrogen-bond donors (Lipinski definition) is 1. The maximum absolute atomic E-state index is 12.9. The lowest BCUT2D eigenvalue weighted by Gasteiger charge is -2.22. The molecule has 34 heavy (non-hydrogen) atoms. The predicted molar refractivity (Wildman–Crippen MR) is 138 cm³/mol. The summed E-state index contributed by atoms with van der Waals surface area (Å²) in [6, 6.07) is 27.3. The van der Waals surface area contributed by atoms with Crippen molar-refractivity contribution in [1.29, 1.82) is 0 Å². The number of Topliss-reactive ketones (excluding diaryl/α,β-unsaturated/α-hetero) is 1. The zero-order valence-corrected chi connectivity index (χ0v) is 19.6. The fraction of sp³-hybridized carbons (Fsp3) is 0.267. The molecule has 0 fully saturated rings. The number of nitrogens with one attached hydrogen (secondary N) is 1. The first-order chi connectivity index (χ1) is 16.7. The number of pyridine rings is 1. The van der Waals surface area contributed by atoms with Gasteiger partial charge >= 0.3 is 0 Å². The topological polar surface area (TPSA) is 51.2 Å². The van der Waals surface area contributed by atoms with Crippen molar-refractivity contribution in [2.75, 3.05) is 19.0 Å². The lowest BCUT2D eigenvalue weighted by molar-refractivity contribution is 0.0972. The van der Waals surface area contributed by atoms with E-state index < -0.39 is 0 Å². The largest absolute Gasteiger partial charge is 0.497 e. The maximum atomic E-state index is 12.9. The summed E-state index contributed by atoms with van der Waals surface area (Å²) in [4.78, 5) is 17.7. The highest BCUT2D eigenvalue weighted by molar-refractivity contribution is 6.10. The quantitative estimate of drug-likeness (QED) is 0.300. The smallest absolute Gasteiger partial charge is 0.166 e. The normalized spacial score (nSPS) is 13.2. The summed E-state index contributed by atoms with van der Waals surface area (Å²) in [7, 11) is 1.67. The third-order valence-electron chi connectivity index (χ3n) is 6.74. The zero-order chi connectivity index (χ0) is 23.3. The minimum Gasteiger partial charge on any atom is -0.497 e. The first-order valence-corrected chi connectivity index (χ1v) is 12.1. The Balaban J connectivity index is 1.40. The van der Waals surface area contributed by atoms with E-state index in [1.165, 1.54) is 11.1 Å². The zero-order valence-electron chi connectivity index (χ0n) is 19.6. The minimum atomic E-state index is 0.187. The number of fused-ring (bicyclic) bond motifs is 2. The van der Waals surface area contributed by atoms with Crippen LogP contribution in [0.4, 0.5) is 5.69 Å². The van der Waals surface area contributed by atoms with Crippen LogP contribution in [-0.4, -0.2) is 24.4 Å². The Morgan fingerprint density at radius 1 is 0.941 bits per heavy atom. The number of aryl methyl sites for hydroxylation is 1. The fourth-order valence-electron chi connectivity index (χ4n) is 5.04. The van der Waals surface area contributed by atoms with Crippen molar-refractivity contribution in [1.82, 2.24) is 4.98 Å². The van der Waals surface area contributed by atoms with E-state index in [0.717, 1.165) is 65.8 Å². The second kappa shape index (κ2) is 10.1. The summed E-state index contributed by atoms with van der Waals surface area (Å²) in [5.41, 5.74) is 6.18. The predicted octanol–water partition coefficient (Wildman–Crippen LogP) is 6.79. The molecule has 0 bridgehead atoms. The molecule has 4 aromatic rings. The number of ether oxygens (including phenoxy) is 1. The van der Waals surface area contributed by atoms with Crippen LogP contribution in [0.3, 0.4) is 0 Å². The van der Waals surface area contributed by atoms with Gasteiger partial charge in [0.1, 0.15) is 5.75 Å². The van der Waals surface area contributed by atoms with Crippen molar-refractivity contribution in [2.45, 2.75) is 38.0 Å². The number of aromatic nitrogens is 1. The third-order valence-corrected chi connectivity index (χ3v) is 6.74. The van der Waals surface area contributed by atoms with Crippen LogP contribution in [0.2, 0.25) is 0 Å². The minimum absolute atomic E-state index is 0.187. The number of carbonyl (C=O) groups excluding carboxylic acids is 1. The SMILES string of the molecule is COc1ccc2nc3c(c(NCCCC(c4ccccc4)c4ccccc4)c2c1)C(=O)CCC3. The van der Waals surface area contributed by atoms with E-state index in [1.807, 2.05) is 18.2 Å². The number of rotatable bonds is 8. The molecule has 0 aliphatic heterocycles. The van der Waals surface area contributed by atoms with Crippen LogP contribution in [0.15, 0.2) is 78.9 Å². The molecule has 172 valence electrons. The molecule has 3 aromatic carbocycles. The highest BCUT2D eigenvalue weighted by Gasteiger charge is 2.24. The van der Waals surface area contributed by atoms with Crippen LogP contribution >= 0.6 is 0 Å². The Kier molecular flexibility index (Phi) is 6.57. The van der Waals surface area contributed by atoms with Gasteiger partial charge < -0.3 is 10.1 Å². The summed E-state index contributed by atoms with van der Waals surface area (Å²) in [5, 5.41) is 4.59. The number of methoxy groups -OCH3 is 1. The van der Waals surface area contributed by atoms with Gasteiger partial charge in [0, 0.05) is 24.3 Å². The average Bonchev–Trinajstić information content (AvgIpc) is 2.89. The van der Waals surface area contributed by atoms with E-state index in [9.17, 15) is 4.79 Å². The molecule has 0 spiro atoms. The molecule has 4 heteroatoms. The summed E-state index contributed by atoms with van der Waals surface area (Å²) < 4.78 is 5.46. The number of benzene rings is 3. The van der Waals surface area contributed by atoms with Crippen molar-refractivity contribution < 1.29 is 9.53 Å². The van der Waals surface area contributed by atoms with Crippen molar-refractivity contribution >= 4 is 22.4 Å². The van der Waals surface area contributed by atoms with Crippen LogP contribution in [0, 0.1) is 0 Å². The van der Waals surface area contributed by atoms with Gasteiger partial charge in [-0.15, -0.1) is 0 Å². The Hall–Kier alpha value is -3.66. The number of ketones is 1. The van der Waals surface area contributed by atoms with Crippen molar-refractivity contribution in [3.8, 4) is 5.75 Å². The molecule has 0 unspecified atom stereocenters. The van der Waals surface area contributed by atoms with E-state index >= 15 is 0 Å². The molecule has 1 aliphatic rings. The number of nitrogens with zero attached hydrogens (tertiary/aromatic N) is 1. The highest BCUT2D eigenvalue weighted by atomic mass is 16.5. The molecule has 0 saturated carbocycles. The highest BCUT2D eigenvalue weighted by Crippen LogP contribution is 2.35. The monoisotopic (exact) mass is 450 g/mol. The van der Waals surface area contributed by atoms with Gasteiger partial charge in [-0.2, -0.15) is 0 Å². The number of carbonyl (C=O) groups is 1. The molecule has 1 aliphatic carbocycles. The molecule has 0 amide bonds. The van der Waals surface area contributed by atoms with Crippen LogP contribution in [0.1, 0.15) is 58.8 Å². The van der Waals surface area contributed by atoms with Gasteiger partial charge in [-0.1, -0.05) is 60.7 Å². The molecule has 1 heterocycles.